The van der Waals surface area contributed by atoms with E-state index >= 15 is 0 Å². The molecule has 0 aromatic heterocycles. The summed E-state index contributed by atoms with van der Waals surface area (Å²) in [4.78, 5) is 15.3. The molecular weight excluding hydrogens is 413 g/mol. The second-order valence-electron chi connectivity index (χ2n) is 8.96. The highest BCUT2D eigenvalue weighted by Crippen LogP contribution is 2.37. The summed E-state index contributed by atoms with van der Waals surface area (Å²) in [7, 11) is 0. The molecule has 1 N–H and O–H groups in total. The van der Waals surface area contributed by atoms with Crippen LogP contribution >= 0.6 is 0 Å². The average Bonchev–Trinajstić information content (AvgIpc) is 3.01. The lowest BCUT2D eigenvalue weighted by Crippen LogP contribution is -2.50. The van der Waals surface area contributed by atoms with E-state index in [1.165, 1.54) is 0 Å². The predicted octanol–water partition coefficient (Wildman–Crippen LogP) is 5.78. The van der Waals surface area contributed by atoms with Gasteiger partial charge < -0.3 is 5.32 Å². The van der Waals surface area contributed by atoms with E-state index in [1.807, 2.05) is 42.5 Å². The van der Waals surface area contributed by atoms with Crippen LogP contribution in [0.5, 0.6) is 0 Å². The van der Waals surface area contributed by atoms with Crippen molar-refractivity contribution in [1.29, 1.82) is 0 Å². The molecule has 2 aliphatic rings. The lowest BCUT2D eigenvalue weighted by Gasteiger charge is -2.39. The smallest absolute Gasteiger partial charge is 0.349 e. The van der Waals surface area contributed by atoms with Gasteiger partial charge in [-0.25, -0.2) is 0 Å². The number of carbonyl (C=O) groups excluding carboxylic acids is 1. The van der Waals surface area contributed by atoms with Crippen LogP contribution in [-0.2, 0) is 12.7 Å². The zero-order chi connectivity index (χ0) is 22.3. The Labute approximate surface area is 185 Å². The molecule has 2 fully saturated rings. The van der Waals surface area contributed by atoms with Crippen LogP contribution in [0.4, 0.5) is 13.2 Å². The van der Waals surface area contributed by atoms with E-state index < -0.39 is 11.7 Å². The number of halogens is 3. The average molecular weight is 438 g/mol. The van der Waals surface area contributed by atoms with Crippen molar-refractivity contribution in [3.63, 3.8) is 0 Å². The van der Waals surface area contributed by atoms with Crippen LogP contribution in [-0.4, -0.2) is 28.9 Å². The summed E-state index contributed by atoms with van der Waals surface area (Å²) < 4.78 is 38.4. The number of benzene rings is 3. The van der Waals surface area contributed by atoms with Crippen molar-refractivity contribution < 1.29 is 18.0 Å². The van der Waals surface area contributed by atoms with Crippen molar-refractivity contribution in [2.24, 2.45) is 0 Å². The van der Waals surface area contributed by atoms with Crippen LogP contribution in [0, 0.1) is 0 Å². The quantitative estimate of drug-likeness (QED) is 0.560. The van der Waals surface area contributed by atoms with Crippen molar-refractivity contribution in [3.8, 4) is 0 Å². The first-order valence-corrected chi connectivity index (χ1v) is 11.1. The molecule has 3 nitrogen and oxygen atoms in total. The van der Waals surface area contributed by atoms with E-state index in [4.69, 9.17) is 0 Å². The topological polar surface area (TPSA) is 32.3 Å². The molecule has 2 saturated heterocycles. The largest absolute Gasteiger partial charge is 0.416 e. The molecule has 2 unspecified atom stereocenters. The molecule has 0 aliphatic carbocycles. The third-order valence-corrected chi connectivity index (χ3v) is 6.88. The standard InChI is InChI=1S/C26H25F3N2O/c27-26(28,29)21-9-5-17(6-10-21)16-31-23-11-12-24(31)15-22(14-23)30-25(32)20-8-7-18-3-1-2-4-19(18)13-20/h1-10,13,22-24H,11-12,14-16H2,(H,30,32). The summed E-state index contributed by atoms with van der Waals surface area (Å²) in [5.41, 5.74) is 0.955. The Morgan fingerprint density at radius 1 is 0.906 bits per heavy atom. The molecule has 0 radical (unpaired) electrons. The normalized spacial score (nSPS) is 23.4. The molecule has 0 spiro atoms. The molecule has 0 saturated carbocycles. The maximum absolute atomic E-state index is 12.9. The molecule has 6 heteroatoms. The molecule has 2 bridgehead atoms. The molecule has 3 aromatic rings. The lowest BCUT2D eigenvalue weighted by molar-refractivity contribution is -0.137. The molecule has 3 aromatic carbocycles. The van der Waals surface area contributed by atoms with Gasteiger partial charge in [-0.3, -0.25) is 9.69 Å². The lowest BCUT2D eigenvalue weighted by atomic mass is 9.96. The van der Waals surface area contributed by atoms with Gasteiger partial charge in [-0.15, -0.1) is 0 Å². The Balaban J connectivity index is 1.22. The van der Waals surface area contributed by atoms with E-state index in [1.54, 1.807) is 12.1 Å². The zero-order valence-electron chi connectivity index (χ0n) is 17.6. The van der Waals surface area contributed by atoms with Gasteiger partial charge in [0.1, 0.15) is 0 Å². The van der Waals surface area contributed by atoms with Crippen molar-refractivity contribution in [1.82, 2.24) is 10.2 Å². The van der Waals surface area contributed by atoms with Gasteiger partial charge in [0, 0.05) is 30.2 Å². The molecule has 2 atom stereocenters. The molecular formula is C26H25F3N2O. The van der Waals surface area contributed by atoms with Gasteiger partial charge in [0.05, 0.1) is 5.56 Å². The van der Waals surface area contributed by atoms with Gasteiger partial charge in [-0.2, -0.15) is 13.2 Å². The number of nitrogens with one attached hydrogen (secondary N) is 1. The van der Waals surface area contributed by atoms with Gasteiger partial charge >= 0.3 is 6.18 Å². The van der Waals surface area contributed by atoms with Crippen LogP contribution in [0.2, 0.25) is 0 Å². The van der Waals surface area contributed by atoms with Crippen LogP contribution in [0.15, 0.2) is 66.7 Å². The van der Waals surface area contributed by atoms with E-state index in [0.29, 0.717) is 24.2 Å². The fourth-order valence-electron chi connectivity index (χ4n) is 5.26. The van der Waals surface area contributed by atoms with Gasteiger partial charge in [-0.1, -0.05) is 42.5 Å². The second kappa shape index (κ2) is 8.24. The Bertz CT molecular complexity index is 1110. The molecule has 5 rings (SSSR count). The second-order valence-corrected chi connectivity index (χ2v) is 8.96. The molecule has 2 aliphatic heterocycles. The maximum atomic E-state index is 12.9. The van der Waals surface area contributed by atoms with Gasteiger partial charge in [0.2, 0.25) is 0 Å². The minimum absolute atomic E-state index is 0.0451. The summed E-state index contributed by atoms with van der Waals surface area (Å²) in [6.07, 6.45) is -0.437. The van der Waals surface area contributed by atoms with Crippen LogP contribution in [0.1, 0.15) is 47.2 Å². The van der Waals surface area contributed by atoms with Gasteiger partial charge in [-0.05, 0) is 66.3 Å². The van der Waals surface area contributed by atoms with Gasteiger partial charge in [0.15, 0.2) is 0 Å². The van der Waals surface area contributed by atoms with E-state index in [-0.39, 0.29) is 11.9 Å². The minimum atomic E-state index is -4.31. The van der Waals surface area contributed by atoms with Crippen molar-refractivity contribution in [2.45, 2.75) is 56.5 Å². The first-order chi connectivity index (χ1) is 15.4. The van der Waals surface area contributed by atoms with Crippen LogP contribution < -0.4 is 5.32 Å². The highest BCUT2D eigenvalue weighted by molar-refractivity contribution is 5.98. The highest BCUT2D eigenvalue weighted by atomic mass is 19.4. The highest BCUT2D eigenvalue weighted by Gasteiger charge is 2.41. The fraction of sp³-hybridized carbons (Fsp3) is 0.346. The number of carbonyl (C=O) groups is 1. The van der Waals surface area contributed by atoms with Crippen molar-refractivity contribution in [2.75, 3.05) is 0 Å². The SMILES string of the molecule is O=C(NC1CC2CCC(C1)N2Cc1ccc(C(F)(F)F)cc1)c1ccc2ccccc2c1. The summed E-state index contributed by atoms with van der Waals surface area (Å²) in [5.74, 6) is -0.0451. The number of hydrogen-bond acceptors (Lipinski definition) is 2. The van der Waals surface area contributed by atoms with E-state index in [0.717, 1.165) is 54.2 Å². The third kappa shape index (κ3) is 4.24. The molecule has 32 heavy (non-hydrogen) atoms. The number of hydrogen-bond donors (Lipinski definition) is 1. The van der Waals surface area contributed by atoms with Crippen molar-refractivity contribution >= 4 is 16.7 Å². The van der Waals surface area contributed by atoms with Gasteiger partial charge in [0.25, 0.3) is 5.91 Å². The number of nitrogens with zero attached hydrogens (tertiary/aromatic N) is 1. The predicted molar refractivity (Wildman–Crippen MR) is 118 cm³/mol. The van der Waals surface area contributed by atoms with Crippen molar-refractivity contribution in [3.05, 3.63) is 83.4 Å². The van der Waals surface area contributed by atoms with Crippen LogP contribution in [0.3, 0.4) is 0 Å². The summed E-state index contributed by atoms with van der Waals surface area (Å²) in [6.45, 7) is 0.652. The Morgan fingerprint density at radius 3 is 2.22 bits per heavy atom. The number of rotatable bonds is 4. The van der Waals surface area contributed by atoms with Crippen LogP contribution in [0.25, 0.3) is 10.8 Å². The summed E-state index contributed by atoms with van der Waals surface area (Å²) >= 11 is 0. The summed E-state index contributed by atoms with van der Waals surface area (Å²) in [6, 6.07) is 20.0. The van der Waals surface area contributed by atoms with E-state index in [2.05, 4.69) is 10.2 Å². The molecule has 166 valence electrons. The summed E-state index contributed by atoms with van der Waals surface area (Å²) in [5, 5.41) is 5.38. The Hall–Kier alpha value is -2.86. The number of alkyl halides is 3. The van der Waals surface area contributed by atoms with E-state index in [9.17, 15) is 18.0 Å². The fourth-order valence-corrected chi connectivity index (χ4v) is 5.26. The maximum Gasteiger partial charge on any atom is 0.416 e. The molecule has 2 heterocycles. The number of amides is 1. The Morgan fingerprint density at radius 2 is 1.56 bits per heavy atom. The molecule has 1 amide bonds. The third-order valence-electron chi connectivity index (χ3n) is 6.88. The first-order valence-electron chi connectivity index (χ1n) is 11.1. The Kier molecular flexibility index (Phi) is 5.41. The monoisotopic (exact) mass is 438 g/mol. The zero-order valence-corrected chi connectivity index (χ0v) is 17.6. The first kappa shape index (κ1) is 21.0. The minimum Gasteiger partial charge on any atom is -0.349 e. The number of piperidine rings is 1. The number of fused-ring (bicyclic) bond motifs is 3.